The van der Waals surface area contributed by atoms with Crippen molar-refractivity contribution in [2.24, 2.45) is 0 Å². The van der Waals surface area contributed by atoms with Gasteiger partial charge in [0.2, 0.25) is 5.89 Å². The van der Waals surface area contributed by atoms with Crippen molar-refractivity contribution in [1.82, 2.24) is 15.0 Å². The molecule has 7 heteroatoms. The van der Waals surface area contributed by atoms with Gasteiger partial charge in [-0.25, -0.2) is 0 Å². The third-order valence-corrected chi connectivity index (χ3v) is 4.28. The third-order valence-electron chi connectivity index (χ3n) is 3.75. The summed E-state index contributed by atoms with van der Waals surface area (Å²) in [4.78, 5) is 17.2. The highest BCUT2D eigenvalue weighted by Crippen LogP contribution is 2.30. The first kappa shape index (κ1) is 15.2. The first-order valence-electron chi connectivity index (χ1n) is 7.14. The summed E-state index contributed by atoms with van der Waals surface area (Å²) in [5.41, 5.74) is 1.10. The standard InChI is InChI=1S/C15H16BrN3O3/c16-11-5-3-10(4-6-11)8-13-17-15(22-18-13)12-2-1-7-19(12)9-14(20)21/h3-6,12H,1-2,7-9H2,(H,20,21)/t12-/m1/s1. The van der Waals surface area contributed by atoms with Crippen LogP contribution >= 0.6 is 15.9 Å². The number of aromatic nitrogens is 2. The van der Waals surface area contributed by atoms with E-state index >= 15 is 0 Å². The molecule has 1 atom stereocenters. The van der Waals surface area contributed by atoms with Crippen molar-refractivity contribution in [3.63, 3.8) is 0 Å². The maximum Gasteiger partial charge on any atom is 0.317 e. The third kappa shape index (κ3) is 3.53. The number of nitrogens with zero attached hydrogens (tertiary/aromatic N) is 3. The zero-order valence-corrected chi connectivity index (χ0v) is 13.5. The Morgan fingerprint density at radius 2 is 2.18 bits per heavy atom. The molecule has 6 nitrogen and oxygen atoms in total. The molecule has 0 spiro atoms. The average Bonchev–Trinajstić information content (AvgIpc) is 3.10. The molecule has 1 N–H and O–H groups in total. The summed E-state index contributed by atoms with van der Waals surface area (Å²) >= 11 is 3.40. The summed E-state index contributed by atoms with van der Waals surface area (Å²) in [5, 5.41) is 13.0. The Morgan fingerprint density at radius 1 is 1.41 bits per heavy atom. The Kier molecular flexibility index (Phi) is 4.54. The second kappa shape index (κ2) is 6.58. The molecule has 0 radical (unpaired) electrons. The van der Waals surface area contributed by atoms with Gasteiger partial charge in [-0.2, -0.15) is 4.98 Å². The molecule has 1 saturated heterocycles. The second-order valence-corrected chi connectivity index (χ2v) is 6.29. The molecule has 1 aliphatic heterocycles. The predicted molar refractivity (Wildman–Crippen MR) is 82.4 cm³/mol. The largest absolute Gasteiger partial charge is 0.480 e. The SMILES string of the molecule is O=C(O)CN1CCC[C@@H]1c1nc(Cc2ccc(Br)cc2)no1. The van der Waals surface area contributed by atoms with Crippen molar-refractivity contribution < 1.29 is 14.4 Å². The molecule has 0 aliphatic carbocycles. The molecule has 116 valence electrons. The van der Waals surface area contributed by atoms with Crippen LogP contribution in [0.15, 0.2) is 33.3 Å². The lowest BCUT2D eigenvalue weighted by molar-refractivity contribution is -0.138. The number of carboxylic acids is 1. The van der Waals surface area contributed by atoms with Crippen LogP contribution in [0.4, 0.5) is 0 Å². The molecule has 0 amide bonds. The van der Waals surface area contributed by atoms with E-state index in [1.807, 2.05) is 29.2 Å². The zero-order valence-electron chi connectivity index (χ0n) is 11.9. The number of carbonyl (C=O) groups is 1. The van der Waals surface area contributed by atoms with Crippen LogP contribution in [-0.2, 0) is 11.2 Å². The lowest BCUT2D eigenvalue weighted by atomic mass is 10.1. The zero-order chi connectivity index (χ0) is 15.5. The summed E-state index contributed by atoms with van der Waals surface area (Å²) in [6.07, 6.45) is 2.40. The van der Waals surface area contributed by atoms with Gasteiger partial charge in [-0.1, -0.05) is 33.2 Å². The van der Waals surface area contributed by atoms with Crippen LogP contribution in [0.1, 0.15) is 36.2 Å². The van der Waals surface area contributed by atoms with Crippen LogP contribution in [-0.4, -0.2) is 39.2 Å². The van der Waals surface area contributed by atoms with Gasteiger partial charge in [0.15, 0.2) is 5.82 Å². The van der Waals surface area contributed by atoms with Gasteiger partial charge in [-0.05, 0) is 37.1 Å². The van der Waals surface area contributed by atoms with Gasteiger partial charge in [0.25, 0.3) is 0 Å². The lowest BCUT2D eigenvalue weighted by Gasteiger charge is -2.18. The fraction of sp³-hybridized carbons (Fsp3) is 0.400. The summed E-state index contributed by atoms with van der Waals surface area (Å²) in [7, 11) is 0. The molecular weight excluding hydrogens is 350 g/mol. The Morgan fingerprint density at radius 3 is 2.91 bits per heavy atom. The van der Waals surface area contributed by atoms with E-state index in [0.717, 1.165) is 29.4 Å². The predicted octanol–water partition coefficient (Wildman–Crippen LogP) is 2.64. The smallest absolute Gasteiger partial charge is 0.317 e. The van der Waals surface area contributed by atoms with E-state index in [1.165, 1.54) is 0 Å². The minimum absolute atomic E-state index is 0.00902. The maximum atomic E-state index is 10.9. The number of aliphatic carboxylic acids is 1. The summed E-state index contributed by atoms with van der Waals surface area (Å²) in [5.74, 6) is 0.312. The van der Waals surface area contributed by atoms with Crippen molar-refractivity contribution in [2.75, 3.05) is 13.1 Å². The van der Waals surface area contributed by atoms with Crippen molar-refractivity contribution in [3.05, 3.63) is 46.0 Å². The number of rotatable bonds is 5. The van der Waals surface area contributed by atoms with E-state index in [2.05, 4.69) is 26.1 Å². The molecule has 1 fully saturated rings. The van der Waals surface area contributed by atoms with Gasteiger partial charge >= 0.3 is 5.97 Å². The van der Waals surface area contributed by atoms with E-state index in [1.54, 1.807) is 0 Å². The molecular formula is C15H16BrN3O3. The van der Waals surface area contributed by atoms with E-state index in [0.29, 0.717) is 18.1 Å². The Hall–Kier alpha value is -1.73. The highest BCUT2D eigenvalue weighted by atomic mass is 79.9. The fourth-order valence-electron chi connectivity index (χ4n) is 2.73. The monoisotopic (exact) mass is 365 g/mol. The Bertz CT molecular complexity index is 656. The topological polar surface area (TPSA) is 79.5 Å². The van der Waals surface area contributed by atoms with E-state index in [-0.39, 0.29) is 12.6 Å². The van der Waals surface area contributed by atoms with E-state index in [4.69, 9.17) is 9.63 Å². The molecule has 1 aliphatic rings. The van der Waals surface area contributed by atoms with Crippen LogP contribution in [0.25, 0.3) is 0 Å². The first-order chi connectivity index (χ1) is 10.6. The maximum absolute atomic E-state index is 10.9. The fourth-order valence-corrected chi connectivity index (χ4v) is 2.99. The summed E-state index contributed by atoms with van der Waals surface area (Å²) in [6.45, 7) is 0.760. The normalized spacial score (nSPS) is 18.7. The molecule has 0 bridgehead atoms. The van der Waals surface area contributed by atoms with Crippen LogP contribution in [0.3, 0.4) is 0 Å². The Balaban J connectivity index is 1.70. The summed E-state index contributed by atoms with van der Waals surface area (Å²) in [6, 6.07) is 7.88. The number of hydrogen-bond donors (Lipinski definition) is 1. The number of likely N-dealkylation sites (tertiary alicyclic amines) is 1. The quantitative estimate of drug-likeness (QED) is 0.877. The highest BCUT2D eigenvalue weighted by molar-refractivity contribution is 9.10. The molecule has 3 rings (SSSR count). The van der Waals surface area contributed by atoms with Crippen LogP contribution < -0.4 is 0 Å². The van der Waals surface area contributed by atoms with Crippen LogP contribution in [0.2, 0.25) is 0 Å². The van der Waals surface area contributed by atoms with Crippen molar-refractivity contribution in [3.8, 4) is 0 Å². The average molecular weight is 366 g/mol. The van der Waals surface area contributed by atoms with Crippen molar-refractivity contribution in [1.29, 1.82) is 0 Å². The van der Waals surface area contributed by atoms with Gasteiger partial charge in [0, 0.05) is 10.9 Å². The van der Waals surface area contributed by atoms with Gasteiger partial charge in [0.05, 0.1) is 12.6 Å². The van der Waals surface area contributed by atoms with Gasteiger partial charge in [-0.3, -0.25) is 9.69 Å². The number of carboxylic acid groups (broad SMARTS) is 1. The molecule has 1 aromatic carbocycles. The van der Waals surface area contributed by atoms with Gasteiger partial charge in [0.1, 0.15) is 0 Å². The molecule has 1 aromatic heterocycles. The Labute approximate surface area is 136 Å². The van der Waals surface area contributed by atoms with E-state index in [9.17, 15) is 4.79 Å². The highest BCUT2D eigenvalue weighted by Gasteiger charge is 2.31. The molecule has 22 heavy (non-hydrogen) atoms. The number of benzene rings is 1. The van der Waals surface area contributed by atoms with Crippen LogP contribution in [0, 0.1) is 0 Å². The number of hydrogen-bond acceptors (Lipinski definition) is 5. The van der Waals surface area contributed by atoms with Crippen molar-refractivity contribution in [2.45, 2.75) is 25.3 Å². The van der Waals surface area contributed by atoms with Crippen molar-refractivity contribution >= 4 is 21.9 Å². The van der Waals surface area contributed by atoms with Crippen LogP contribution in [0.5, 0.6) is 0 Å². The molecule has 2 heterocycles. The van der Waals surface area contributed by atoms with Gasteiger partial charge < -0.3 is 9.63 Å². The minimum Gasteiger partial charge on any atom is -0.480 e. The lowest BCUT2D eigenvalue weighted by Crippen LogP contribution is -2.29. The van der Waals surface area contributed by atoms with Gasteiger partial charge in [-0.15, -0.1) is 0 Å². The first-order valence-corrected chi connectivity index (χ1v) is 7.94. The minimum atomic E-state index is -0.832. The number of halogens is 1. The molecule has 0 unspecified atom stereocenters. The summed E-state index contributed by atoms with van der Waals surface area (Å²) < 4.78 is 6.38. The molecule has 0 saturated carbocycles. The molecule has 2 aromatic rings. The second-order valence-electron chi connectivity index (χ2n) is 5.37. The van der Waals surface area contributed by atoms with E-state index < -0.39 is 5.97 Å².